The fourth-order valence-corrected chi connectivity index (χ4v) is 4.25. The average Bonchev–Trinajstić information content (AvgIpc) is 2.63. The molecular weight excluding hydrogens is 211 g/mol. The van der Waals surface area contributed by atoms with Gasteiger partial charge in [-0.1, -0.05) is 48.5 Å². The Kier molecular flexibility index (Phi) is 2.33. The smallest absolute Gasteiger partial charge is 0.0298 e. The lowest BCUT2D eigenvalue weighted by Gasteiger charge is -2.18. The van der Waals surface area contributed by atoms with Crippen molar-refractivity contribution in [3.8, 4) is 11.1 Å². The van der Waals surface area contributed by atoms with Crippen molar-refractivity contribution >= 4 is 7.92 Å². The van der Waals surface area contributed by atoms with Crippen molar-refractivity contribution in [1.29, 1.82) is 0 Å². The molecule has 0 aromatic heterocycles. The normalized spacial score (nSPS) is 13.9. The summed E-state index contributed by atoms with van der Waals surface area (Å²) in [6.45, 7) is 4.75. The Morgan fingerprint density at radius 1 is 0.750 bits per heavy atom. The van der Waals surface area contributed by atoms with Gasteiger partial charge in [-0.05, 0) is 35.6 Å². The van der Waals surface area contributed by atoms with E-state index >= 15 is 0 Å². The number of fused-ring (bicyclic) bond motifs is 3. The molecule has 0 saturated carbocycles. The summed E-state index contributed by atoms with van der Waals surface area (Å²) in [6.07, 6.45) is 0. The zero-order valence-corrected chi connectivity index (χ0v) is 10.5. The van der Waals surface area contributed by atoms with Crippen LogP contribution in [0.25, 0.3) is 11.1 Å². The highest BCUT2D eigenvalue weighted by Gasteiger charge is 2.29. The Morgan fingerprint density at radius 3 is 1.62 bits per heavy atom. The molecule has 0 spiro atoms. The second-order valence-electron chi connectivity index (χ2n) is 4.54. The molecule has 0 radical (unpaired) electrons. The predicted octanol–water partition coefficient (Wildman–Crippen LogP) is 4.50. The SMILES string of the molecule is CP(C)C1c2ccccc2-c2ccccc21. The van der Waals surface area contributed by atoms with Gasteiger partial charge in [0, 0.05) is 5.66 Å². The highest BCUT2D eigenvalue weighted by Crippen LogP contribution is 2.57. The molecule has 0 amide bonds. The minimum absolute atomic E-state index is 0.0252. The zero-order valence-electron chi connectivity index (χ0n) is 9.64. The average molecular weight is 226 g/mol. The van der Waals surface area contributed by atoms with Crippen LogP contribution in [0.2, 0.25) is 0 Å². The molecule has 0 N–H and O–H groups in total. The zero-order chi connectivity index (χ0) is 11.1. The monoisotopic (exact) mass is 226 g/mol. The summed E-state index contributed by atoms with van der Waals surface area (Å²) in [5.41, 5.74) is 6.58. The lowest BCUT2D eigenvalue weighted by atomic mass is 10.1. The largest absolute Gasteiger partial charge is 0.101 e. The van der Waals surface area contributed by atoms with Crippen molar-refractivity contribution in [2.24, 2.45) is 0 Å². The molecule has 0 bridgehead atoms. The van der Waals surface area contributed by atoms with Gasteiger partial charge in [-0.3, -0.25) is 0 Å². The third-order valence-corrected chi connectivity index (χ3v) is 4.91. The minimum Gasteiger partial charge on any atom is -0.101 e. The van der Waals surface area contributed by atoms with Gasteiger partial charge in [0.15, 0.2) is 0 Å². The molecule has 2 aromatic carbocycles. The van der Waals surface area contributed by atoms with E-state index in [1.807, 2.05) is 0 Å². The number of hydrogen-bond donors (Lipinski definition) is 0. The highest BCUT2D eigenvalue weighted by molar-refractivity contribution is 7.56. The summed E-state index contributed by atoms with van der Waals surface area (Å²) in [4.78, 5) is 0. The van der Waals surface area contributed by atoms with Crippen molar-refractivity contribution in [1.82, 2.24) is 0 Å². The van der Waals surface area contributed by atoms with Gasteiger partial charge in [-0.25, -0.2) is 0 Å². The molecule has 3 rings (SSSR count). The minimum atomic E-state index is 0.0252. The second kappa shape index (κ2) is 3.71. The van der Waals surface area contributed by atoms with Gasteiger partial charge in [-0.15, -0.1) is 7.92 Å². The first-order chi connectivity index (χ1) is 7.79. The molecule has 1 aliphatic carbocycles. The van der Waals surface area contributed by atoms with E-state index in [0.717, 1.165) is 0 Å². The van der Waals surface area contributed by atoms with E-state index in [1.54, 1.807) is 0 Å². The van der Waals surface area contributed by atoms with Crippen molar-refractivity contribution in [3.05, 3.63) is 59.7 Å². The van der Waals surface area contributed by atoms with E-state index in [0.29, 0.717) is 5.66 Å². The summed E-state index contributed by atoms with van der Waals surface area (Å²) in [5.74, 6) is 0. The van der Waals surface area contributed by atoms with E-state index in [1.165, 1.54) is 22.3 Å². The van der Waals surface area contributed by atoms with Crippen LogP contribution in [0.5, 0.6) is 0 Å². The lowest BCUT2D eigenvalue weighted by Crippen LogP contribution is -1.92. The summed E-state index contributed by atoms with van der Waals surface area (Å²) >= 11 is 0. The lowest BCUT2D eigenvalue weighted by molar-refractivity contribution is 1.20. The van der Waals surface area contributed by atoms with Crippen molar-refractivity contribution in [2.75, 3.05) is 13.3 Å². The fraction of sp³-hybridized carbons (Fsp3) is 0.200. The molecule has 0 unspecified atom stereocenters. The topological polar surface area (TPSA) is 0 Å². The van der Waals surface area contributed by atoms with E-state index in [4.69, 9.17) is 0 Å². The first kappa shape index (κ1) is 10.1. The van der Waals surface area contributed by atoms with Crippen LogP contribution < -0.4 is 0 Å². The maximum absolute atomic E-state index is 2.37. The second-order valence-corrected chi connectivity index (χ2v) is 6.98. The molecule has 1 heteroatoms. The molecule has 2 aromatic rings. The third-order valence-electron chi connectivity index (χ3n) is 3.32. The van der Waals surface area contributed by atoms with Gasteiger partial charge < -0.3 is 0 Å². The van der Waals surface area contributed by atoms with Crippen LogP contribution in [0.3, 0.4) is 0 Å². The third kappa shape index (κ3) is 1.33. The first-order valence-electron chi connectivity index (χ1n) is 5.63. The van der Waals surface area contributed by atoms with Gasteiger partial charge in [0.2, 0.25) is 0 Å². The van der Waals surface area contributed by atoms with Crippen LogP contribution in [0.15, 0.2) is 48.5 Å². The Hall–Kier alpha value is -1.13. The van der Waals surface area contributed by atoms with Gasteiger partial charge >= 0.3 is 0 Å². The Balaban J connectivity index is 2.30. The van der Waals surface area contributed by atoms with Crippen LogP contribution in [0.1, 0.15) is 16.8 Å². The van der Waals surface area contributed by atoms with Crippen LogP contribution in [-0.4, -0.2) is 13.3 Å². The molecule has 0 saturated heterocycles. The van der Waals surface area contributed by atoms with Gasteiger partial charge in [-0.2, -0.15) is 0 Å². The molecule has 0 heterocycles. The molecular formula is C15H15P. The van der Waals surface area contributed by atoms with E-state index in [9.17, 15) is 0 Å². The Labute approximate surface area is 98.1 Å². The highest BCUT2D eigenvalue weighted by atomic mass is 31.1. The summed E-state index contributed by atoms with van der Waals surface area (Å²) in [6, 6.07) is 17.7. The number of benzene rings is 2. The number of hydrogen-bond acceptors (Lipinski definition) is 0. The molecule has 0 nitrogen and oxygen atoms in total. The Morgan fingerprint density at radius 2 is 1.19 bits per heavy atom. The molecule has 0 atom stereocenters. The quantitative estimate of drug-likeness (QED) is 0.628. The maximum atomic E-state index is 2.37. The van der Waals surface area contributed by atoms with Gasteiger partial charge in [0.05, 0.1) is 0 Å². The van der Waals surface area contributed by atoms with Crippen LogP contribution >= 0.6 is 7.92 Å². The standard InChI is InChI=1S/C15H15P/c1-16(2)15-13-9-5-3-7-11(13)12-8-4-6-10-14(12)15/h3-10,15H,1-2H3. The summed E-state index contributed by atoms with van der Waals surface area (Å²) < 4.78 is 0. The summed E-state index contributed by atoms with van der Waals surface area (Å²) in [5, 5.41) is 0. The van der Waals surface area contributed by atoms with Crippen molar-refractivity contribution in [3.63, 3.8) is 0 Å². The van der Waals surface area contributed by atoms with Crippen LogP contribution in [0, 0.1) is 0 Å². The van der Waals surface area contributed by atoms with E-state index in [2.05, 4.69) is 61.9 Å². The molecule has 1 aliphatic rings. The van der Waals surface area contributed by atoms with E-state index in [-0.39, 0.29) is 7.92 Å². The van der Waals surface area contributed by atoms with Gasteiger partial charge in [0.1, 0.15) is 0 Å². The Bertz CT molecular complexity index is 483. The molecule has 80 valence electrons. The maximum Gasteiger partial charge on any atom is 0.0298 e. The van der Waals surface area contributed by atoms with Gasteiger partial charge in [0.25, 0.3) is 0 Å². The summed E-state index contributed by atoms with van der Waals surface area (Å²) in [7, 11) is 0.0252. The number of rotatable bonds is 1. The van der Waals surface area contributed by atoms with Crippen LogP contribution in [0.4, 0.5) is 0 Å². The van der Waals surface area contributed by atoms with Crippen LogP contribution in [-0.2, 0) is 0 Å². The first-order valence-corrected chi connectivity index (χ1v) is 7.94. The molecule has 0 aliphatic heterocycles. The fourth-order valence-electron chi connectivity index (χ4n) is 2.69. The predicted molar refractivity (Wildman–Crippen MR) is 72.5 cm³/mol. The molecule has 16 heavy (non-hydrogen) atoms. The van der Waals surface area contributed by atoms with E-state index < -0.39 is 0 Å². The van der Waals surface area contributed by atoms with Crippen molar-refractivity contribution < 1.29 is 0 Å². The van der Waals surface area contributed by atoms with Crippen molar-refractivity contribution in [2.45, 2.75) is 5.66 Å². The molecule has 0 fully saturated rings.